The number of para-hydroxylation sites is 2. The van der Waals surface area contributed by atoms with Gasteiger partial charge in [0.1, 0.15) is 5.75 Å². The smallest absolute Gasteiger partial charge is 0.484 e. The zero-order valence-electron chi connectivity index (χ0n) is 17.9. The Morgan fingerprint density at radius 1 is 1.18 bits per heavy atom. The molecule has 0 aliphatic rings. The topological polar surface area (TPSA) is 92.5 Å². The van der Waals surface area contributed by atoms with Crippen LogP contribution >= 0.6 is 0 Å². The Kier molecular flexibility index (Phi) is 7.90. The second-order valence-electron chi connectivity index (χ2n) is 6.96. The van der Waals surface area contributed by atoms with E-state index in [-0.39, 0.29) is 30.0 Å². The van der Waals surface area contributed by atoms with E-state index in [0.29, 0.717) is 28.7 Å². The van der Waals surface area contributed by atoms with Gasteiger partial charge in [0.15, 0.2) is 13.3 Å². The Balaban J connectivity index is 1.83. The van der Waals surface area contributed by atoms with Crippen molar-refractivity contribution in [3.8, 4) is 5.75 Å². The summed E-state index contributed by atoms with van der Waals surface area (Å²) in [5, 5.41) is 0.127. The molecule has 0 amide bonds. The van der Waals surface area contributed by atoms with Gasteiger partial charge in [-0.15, -0.1) is 0 Å². The largest absolute Gasteiger partial charge is 0.510 e. The van der Waals surface area contributed by atoms with Crippen LogP contribution in [0.5, 0.6) is 5.75 Å². The number of hydrogen-bond acceptors (Lipinski definition) is 7. The van der Waals surface area contributed by atoms with Gasteiger partial charge in [0.05, 0.1) is 39.9 Å². The van der Waals surface area contributed by atoms with E-state index in [2.05, 4.69) is 9.97 Å². The average molecular weight is 485 g/mol. The van der Waals surface area contributed by atoms with Gasteiger partial charge in [-0.25, -0.2) is 9.78 Å². The number of rotatable bonds is 9. The molecular weight excluding hydrogens is 463 g/mol. The van der Waals surface area contributed by atoms with Crippen molar-refractivity contribution in [2.45, 2.75) is 44.1 Å². The fraction of sp³-hybridized carbons (Fsp3) is 0.381. The maximum atomic E-state index is 13.2. The zero-order chi connectivity index (χ0) is 24.0. The van der Waals surface area contributed by atoms with Crippen LogP contribution in [0.1, 0.15) is 24.6 Å². The fourth-order valence-corrected chi connectivity index (χ4v) is 4.17. The van der Waals surface area contributed by atoms with Crippen LogP contribution in [-0.2, 0) is 32.8 Å². The Hall–Kier alpha value is -3.15. The lowest BCUT2D eigenvalue weighted by molar-refractivity contribution is -0.153. The molecule has 0 saturated heterocycles. The third-order valence-corrected chi connectivity index (χ3v) is 5.73. The van der Waals surface area contributed by atoms with Crippen molar-refractivity contribution in [1.82, 2.24) is 14.5 Å². The van der Waals surface area contributed by atoms with E-state index in [1.54, 1.807) is 31.2 Å². The first-order chi connectivity index (χ1) is 15.7. The van der Waals surface area contributed by atoms with Gasteiger partial charge in [-0.3, -0.25) is 13.8 Å². The van der Waals surface area contributed by atoms with Crippen LogP contribution in [0.15, 0.2) is 41.7 Å². The molecule has 0 saturated carbocycles. The summed E-state index contributed by atoms with van der Waals surface area (Å²) in [6, 6.07) is 8.29. The van der Waals surface area contributed by atoms with E-state index >= 15 is 0 Å². The van der Waals surface area contributed by atoms with Crippen molar-refractivity contribution in [3.63, 3.8) is 0 Å². The number of carbonyl (C=O) groups is 1. The molecule has 1 atom stereocenters. The molecule has 0 N–H and O–H groups in total. The summed E-state index contributed by atoms with van der Waals surface area (Å²) in [7, 11) is -1.76. The van der Waals surface area contributed by atoms with Crippen LogP contribution in [-0.4, -0.2) is 44.3 Å². The summed E-state index contributed by atoms with van der Waals surface area (Å²) in [6.07, 6.45) is -3.42. The molecule has 0 spiro atoms. The van der Waals surface area contributed by atoms with E-state index < -0.39 is 29.7 Å². The number of fused-ring (bicyclic) bond motifs is 1. The minimum absolute atomic E-state index is 0.00447. The van der Waals surface area contributed by atoms with Crippen molar-refractivity contribution in [3.05, 3.63) is 47.8 Å². The highest BCUT2D eigenvalue weighted by molar-refractivity contribution is 7.84. The predicted octanol–water partition coefficient (Wildman–Crippen LogP) is 4.51. The predicted molar refractivity (Wildman–Crippen MR) is 113 cm³/mol. The molecule has 0 aliphatic heterocycles. The number of carbonyl (C=O) groups excluding carboxylic acids is 1. The Morgan fingerprint density at radius 2 is 1.94 bits per heavy atom. The van der Waals surface area contributed by atoms with Gasteiger partial charge in [0, 0.05) is 11.8 Å². The van der Waals surface area contributed by atoms with Gasteiger partial charge < -0.3 is 14.2 Å². The van der Waals surface area contributed by atoms with Crippen molar-refractivity contribution in [1.29, 1.82) is 0 Å². The number of pyridine rings is 1. The Labute approximate surface area is 190 Å². The minimum Gasteiger partial charge on any atom is -0.484 e. The van der Waals surface area contributed by atoms with E-state index in [1.165, 1.54) is 16.8 Å². The molecule has 0 radical (unpaired) electrons. The van der Waals surface area contributed by atoms with Gasteiger partial charge in [-0.1, -0.05) is 19.1 Å². The number of imidazole rings is 1. The van der Waals surface area contributed by atoms with Gasteiger partial charge in [-0.2, -0.15) is 13.2 Å². The van der Waals surface area contributed by atoms with Gasteiger partial charge in [-0.05, 0) is 31.5 Å². The molecule has 3 rings (SSSR count). The molecule has 178 valence electrons. The summed E-state index contributed by atoms with van der Waals surface area (Å²) in [6.45, 7) is 1.88. The number of aromatic nitrogens is 3. The summed E-state index contributed by atoms with van der Waals surface area (Å²) in [4.78, 5) is 20.3. The molecule has 0 aliphatic carbocycles. The number of benzene rings is 1. The lowest BCUT2D eigenvalue weighted by Crippen LogP contribution is -2.20. The van der Waals surface area contributed by atoms with Crippen molar-refractivity contribution < 1.29 is 36.4 Å². The molecule has 12 heteroatoms. The summed E-state index contributed by atoms with van der Waals surface area (Å²) >= 11 is 0. The SMILES string of the molecule is CCCOC(=O)OCn1c([S@](=O)Cc2nccc(OCC(F)(F)F)c2C)nc2ccccc21. The zero-order valence-corrected chi connectivity index (χ0v) is 18.7. The second kappa shape index (κ2) is 10.6. The molecule has 0 bridgehead atoms. The standard InChI is InChI=1S/C21H22F3N3O5S/c1-3-10-30-20(28)32-13-27-17-7-5-4-6-15(17)26-19(27)33(29)11-16-14(2)18(8-9-25-16)31-12-21(22,23)24/h4-9H,3,10-13H2,1-2H3/t33-/m1/s1. The maximum Gasteiger partial charge on any atom is 0.510 e. The van der Waals surface area contributed by atoms with E-state index in [9.17, 15) is 22.2 Å². The number of nitrogens with zero attached hydrogens (tertiary/aromatic N) is 3. The summed E-state index contributed by atoms with van der Waals surface area (Å²) < 4.78 is 67.1. The number of hydrogen-bond donors (Lipinski definition) is 0. The number of halogens is 3. The fourth-order valence-electron chi connectivity index (χ4n) is 2.91. The Morgan fingerprint density at radius 3 is 2.67 bits per heavy atom. The van der Waals surface area contributed by atoms with Gasteiger partial charge >= 0.3 is 12.3 Å². The van der Waals surface area contributed by atoms with Gasteiger partial charge in [0.2, 0.25) is 5.16 Å². The minimum atomic E-state index is -4.48. The van der Waals surface area contributed by atoms with E-state index in [4.69, 9.17) is 14.2 Å². The summed E-state index contributed by atoms with van der Waals surface area (Å²) in [5.74, 6) is -0.122. The maximum absolute atomic E-state index is 13.2. The normalized spacial score (nSPS) is 12.5. The average Bonchev–Trinajstić information content (AvgIpc) is 3.15. The molecular formula is C21H22F3N3O5S. The molecule has 8 nitrogen and oxygen atoms in total. The van der Waals surface area contributed by atoms with Crippen molar-refractivity contribution >= 4 is 28.0 Å². The van der Waals surface area contributed by atoms with Gasteiger partial charge in [0.25, 0.3) is 0 Å². The monoisotopic (exact) mass is 485 g/mol. The van der Waals surface area contributed by atoms with E-state index in [1.807, 2.05) is 6.92 Å². The second-order valence-corrected chi connectivity index (χ2v) is 8.30. The molecule has 33 heavy (non-hydrogen) atoms. The van der Waals surface area contributed by atoms with Crippen LogP contribution in [0, 0.1) is 6.92 Å². The lowest BCUT2D eigenvalue weighted by Gasteiger charge is -2.14. The molecule has 3 aromatic rings. The molecule has 1 aromatic carbocycles. The lowest BCUT2D eigenvalue weighted by atomic mass is 10.2. The van der Waals surface area contributed by atoms with Crippen LogP contribution in [0.3, 0.4) is 0 Å². The first-order valence-corrected chi connectivity index (χ1v) is 11.3. The Bertz CT molecular complexity index is 1150. The van der Waals surface area contributed by atoms with E-state index in [0.717, 1.165) is 0 Å². The third-order valence-electron chi connectivity index (χ3n) is 4.48. The van der Waals surface area contributed by atoms with Crippen LogP contribution in [0.2, 0.25) is 0 Å². The molecule has 0 unspecified atom stereocenters. The number of alkyl halides is 3. The van der Waals surface area contributed by atoms with Crippen molar-refractivity contribution in [2.75, 3.05) is 13.2 Å². The first-order valence-electron chi connectivity index (χ1n) is 9.96. The molecule has 2 aromatic heterocycles. The van der Waals surface area contributed by atoms with Crippen LogP contribution in [0.25, 0.3) is 11.0 Å². The van der Waals surface area contributed by atoms with Crippen molar-refractivity contribution in [2.24, 2.45) is 0 Å². The highest BCUT2D eigenvalue weighted by Crippen LogP contribution is 2.26. The van der Waals surface area contributed by atoms with Crippen LogP contribution < -0.4 is 4.74 Å². The first kappa shape index (κ1) is 24.5. The third kappa shape index (κ3) is 6.44. The number of ether oxygens (including phenoxy) is 3. The highest BCUT2D eigenvalue weighted by atomic mass is 32.2. The van der Waals surface area contributed by atoms with Crippen LogP contribution in [0.4, 0.5) is 18.0 Å². The summed E-state index contributed by atoms with van der Waals surface area (Å²) in [5.41, 5.74) is 1.78. The highest BCUT2D eigenvalue weighted by Gasteiger charge is 2.29. The molecule has 0 fully saturated rings. The quantitative estimate of drug-likeness (QED) is 0.412. The molecule has 2 heterocycles.